The Kier molecular flexibility index (Phi) is 5.27. The lowest BCUT2D eigenvalue weighted by molar-refractivity contribution is -0.883. The Morgan fingerprint density at radius 2 is 1.81 bits per heavy atom. The van der Waals surface area contributed by atoms with E-state index in [1.807, 2.05) is 18.2 Å². The number of quaternary nitrogens is 1. The molecule has 1 fully saturated rings. The third-order valence-corrected chi connectivity index (χ3v) is 7.48. The summed E-state index contributed by atoms with van der Waals surface area (Å²) in [7, 11) is -1.40. The van der Waals surface area contributed by atoms with E-state index in [9.17, 15) is 8.42 Å². The number of piperazine rings is 1. The minimum atomic E-state index is -3.48. The van der Waals surface area contributed by atoms with Crippen molar-refractivity contribution in [1.29, 1.82) is 0 Å². The van der Waals surface area contributed by atoms with Crippen molar-refractivity contribution >= 4 is 21.8 Å². The van der Waals surface area contributed by atoms with Gasteiger partial charge in [-0.25, -0.2) is 13.4 Å². The van der Waals surface area contributed by atoms with E-state index < -0.39 is 10.0 Å². The smallest absolute Gasteiger partial charge is 0.245 e. The average molecular weight is 409 g/mol. The maximum Gasteiger partial charge on any atom is 0.245 e. The number of nitrogens with one attached hydrogen (secondary N) is 1. The fraction of sp³-hybridized carbons (Fsp3) is 0.389. The normalized spacial score (nSPS) is 18.4. The van der Waals surface area contributed by atoms with Crippen molar-refractivity contribution in [1.82, 2.24) is 9.29 Å². The number of likely N-dealkylation sites (N-methyl/N-ethyl adjacent to an activating group) is 1. The van der Waals surface area contributed by atoms with Gasteiger partial charge in [-0.1, -0.05) is 11.8 Å². The lowest BCUT2D eigenvalue weighted by atomic mass is 10.3. The lowest BCUT2D eigenvalue weighted by Crippen LogP contribution is -3.12. The zero-order valence-corrected chi connectivity index (χ0v) is 16.7. The fourth-order valence-corrected chi connectivity index (χ4v) is 5.22. The molecule has 2 aliphatic heterocycles. The predicted molar refractivity (Wildman–Crippen MR) is 101 cm³/mol. The molecule has 27 heavy (non-hydrogen) atoms. The van der Waals surface area contributed by atoms with Gasteiger partial charge >= 0.3 is 0 Å². The third-order valence-electron chi connectivity index (χ3n) is 4.66. The highest BCUT2D eigenvalue weighted by Gasteiger charge is 2.29. The first-order chi connectivity index (χ1) is 13.0. The molecular formula is C18H22N3O4S2+. The number of sulfonamides is 1. The van der Waals surface area contributed by atoms with Crippen LogP contribution in [0.4, 0.5) is 0 Å². The molecule has 0 atom stereocenters. The number of aromatic nitrogens is 1. The van der Waals surface area contributed by atoms with Gasteiger partial charge in [0.25, 0.3) is 0 Å². The van der Waals surface area contributed by atoms with Crippen LogP contribution in [0.3, 0.4) is 0 Å². The molecule has 0 saturated carbocycles. The predicted octanol–water partition coefficient (Wildman–Crippen LogP) is 0.523. The molecule has 0 aliphatic carbocycles. The molecule has 7 nitrogen and oxygen atoms in total. The summed E-state index contributed by atoms with van der Waals surface area (Å²) in [6.07, 6.45) is 1.45. The molecule has 0 unspecified atom stereocenters. The SMILES string of the molecule is C[NH+]1CCN(S(=O)(=O)c2ccc(Sc3ccc4c(c3)OCCO4)nc2)CC1. The van der Waals surface area contributed by atoms with Crippen LogP contribution in [-0.4, -0.2) is 64.1 Å². The van der Waals surface area contributed by atoms with Crippen molar-refractivity contribution in [2.75, 3.05) is 46.4 Å². The van der Waals surface area contributed by atoms with Crippen molar-refractivity contribution in [3.05, 3.63) is 36.5 Å². The van der Waals surface area contributed by atoms with Gasteiger partial charge in [0.2, 0.25) is 10.0 Å². The van der Waals surface area contributed by atoms with E-state index in [1.165, 1.54) is 22.9 Å². The Morgan fingerprint density at radius 3 is 2.52 bits per heavy atom. The highest BCUT2D eigenvalue weighted by atomic mass is 32.2. The Bertz CT molecular complexity index is 911. The van der Waals surface area contributed by atoms with Crippen LogP contribution in [0.1, 0.15) is 0 Å². The fourth-order valence-electron chi connectivity index (χ4n) is 3.04. The molecule has 2 aromatic rings. The second-order valence-electron chi connectivity index (χ2n) is 6.60. The Morgan fingerprint density at radius 1 is 1.07 bits per heavy atom. The third kappa shape index (κ3) is 4.06. The van der Waals surface area contributed by atoms with Crippen LogP contribution < -0.4 is 14.4 Å². The van der Waals surface area contributed by atoms with E-state index in [2.05, 4.69) is 12.0 Å². The number of hydrogen-bond acceptors (Lipinski definition) is 6. The quantitative estimate of drug-likeness (QED) is 0.795. The Labute approximate surface area is 163 Å². The summed E-state index contributed by atoms with van der Waals surface area (Å²) in [4.78, 5) is 6.90. The molecule has 1 aromatic carbocycles. The molecule has 0 bridgehead atoms. The molecule has 0 radical (unpaired) electrons. The summed E-state index contributed by atoms with van der Waals surface area (Å²) in [5.74, 6) is 1.47. The van der Waals surface area contributed by atoms with Gasteiger partial charge in [0.15, 0.2) is 11.5 Å². The first-order valence-electron chi connectivity index (χ1n) is 8.87. The average Bonchev–Trinajstić information content (AvgIpc) is 2.69. The van der Waals surface area contributed by atoms with Crippen LogP contribution in [0.15, 0.2) is 51.3 Å². The number of rotatable bonds is 4. The van der Waals surface area contributed by atoms with E-state index in [0.29, 0.717) is 26.3 Å². The number of ether oxygens (including phenoxy) is 2. The molecule has 0 amide bonds. The molecule has 2 aliphatic rings. The number of pyridine rings is 1. The topological polar surface area (TPSA) is 73.2 Å². The van der Waals surface area contributed by atoms with Crippen molar-refractivity contribution in [3.8, 4) is 11.5 Å². The first-order valence-corrected chi connectivity index (χ1v) is 11.1. The van der Waals surface area contributed by atoms with Crippen LogP contribution >= 0.6 is 11.8 Å². The highest BCUT2D eigenvalue weighted by Crippen LogP contribution is 2.36. The minimum absolute atomic E-state index is 0.244. The van der Waals surface area contributed by atoms with Crippen LogP contribution in [0.5, 0.6) is 11.5 Å². The summed E-state index contributed by atoms with van der Waals surface area (Å²) in [6.45, 7) is 3.84. The molecule has 1 N–H and O–H groups in total. The zero-order valence-electron chi connectivity index (χ0n) is 15.1. The zero-order chi connectivity index (χ0) is 18.9. The molecule has 1 aromatic heterocycles. The Balaban J connectivity index is 1.47. The number of fused-ring (bicyclic) bond motifs is 1. The van der Waals surface area contributed by atoms with Gasteiger partial charge in [0.1, 0.15) is 23.1 Å². The summed E-state index contributed by atoms with van der Waals surface area (Å²) in [6, 6.07) is 9.11. The van der Waals surface area contributed by atoms with Gasteiger partial charge in [-0.2, -0.15) is 4.31 Å². The first kappa shape index (κ1) is 18.5. The molecular weight excluding hydrogens is 386 g/mol. The van der Waals surface area contributed by atoms with Crippen LogP contribution in [0, 0.1) is 0 Å². The van der Waals surface area contributed by atoms with Gasteiger partial charge in [-0.05, 0) is 30.3 Å². The largest absolute Gasteiger partial charge is 0.486 e. The van der Waals surface area contributed by atoms with E-state index in [0.717, 1.165) is 34.5 Å². The minimum Gasteiger partial charge on any atom is -0.486 e. The van der Waals surface area contributed by atoms with Crippen molar-refractivity contribution in [3.63, 3.8) is 0 Å². The monoisotopic (exact) mass is 408 g/mol. The summed E-state index contributed by atoms with van der Waals surface area (Å²) in [5, 5.41) is 0.730. The van der Waals surface area contributed by atoms with E-state index in [-0.39, 0.29) is 4.90 Å². The molecule has 9 heteroatoms. The maximum absolute atomic E-state index is 12.8. The summed E-state index contributed by atoms with van der Waals surface area (Å²) in [5.41, 5.74) is 0. The van der Waals surface area contributed by atoms with Gasteiger partial charge < -0.3 is 14.4 Å². The van der Waals surface area contributed by atoms with Crippen LogP contribution in [0.2, 0.25) is 0 Å². The van der Waals surface area contributed by atoms with E-state index in [1.54, 1.807) is 16.4 Å². The standard InChI is InChI=1S/C18H21N3O4S2/c1-20-6-8-21(9-7-20)27(22,23)15-3-5-18(19-13-15)26-14-2-4-16-17(12-14)25-11-10-24-16/h2-5,12-13H,6-11H2,1H3/p+1. The molecule has 144 valence electrons. The van der Waals surface area contributed by atoms with Gasteiger partial charge in [0, 0.05) is 11.1 Å². The maximum atomic E-state index is 12.8. The van der Waals surface area contributed by atoms with Crippen molar-refractivity contribution < 1.29 is 22.8 Å². The van der Waals surface area contributed by atoms with Crippen LogP contribution in [0.25, 0.3) is 0 Å². The second-order valence-corrected chi connectivity index (χ2v) is 9.63. The van der Waals surface area contributed by atoms with Crippen molar-refractivity contribution in [2.45, 2.75) is 14.8 Å². The van der Waals surface area contributed by atoms with Crippen molar-refractivity contribution in [2.24, 2.45) is 0 Å². The van der Waals surface area contributed by atoms with Gasteiger partial charge in [-0.3, -0.25) is 0 Å². The second kappa shape index (κ2) is 7.67. The molecule has 0 spiro atoms. The van der Waals surface area contributed by atoms with Crippen LogP contribution in [-0.2, 0) is 10.0 Å². The molecule has 4 rings (SSSR count). The Hall–Kier alpha value is -1.81. The molecule has 1 saturated heterocycles. The lowest BCUT2D eigenvalue weighted by Gasteiger charge is -2.29. The highest BCUT2D eigenvalue weighted by molar-refractivity contribution is 7.99. The van der Waals surface area contributed by atoms with Gasteiger partial charge in [-0.15, -0.1) is 0 Å². The van der Waals surface area contributed by atoms with Gasteiger partial charge in [0.05, 0.1) is 33.2 Å². The number of nitrogens with zero attached hydrogens (tertiary/aromatic N) is 2. The van der Waals surface area contributed by atoms with E-state index in [4.69, 9.17) is 9.47 Å². The number of benzene rings is 1. The molecule has 3 heterocycles. The number of hydrogen-bond donors (Lipinski definition) is 1. The summed E-state index contributed by atoms with van der Waals surface area (Å²) >= 11 is 1.46. The van der Waals surface area contributed by atoms with E-state index >= 15 is 0 Å². The summed E-state index contributed by atoms with van der Waals surface area (Å²) < 4.78 is 38.2.